The fraction of sp³-hybridized carbons (Fsp3) is 0.750. The summed E-state index contributed by atoms with van der Waals surface area (Å²) in [5.74, 6) is 0.103. The number of nitrogens with one attached hydrogen (secondary N) is 2. The van der Waals surface area contributed by atoms with E-state index >= 15 is 0 Å². The molecule has 0 aliphatic carbocycles. The van der Waals surface area contributed by atoms with Gasteiger partial charge in [0.1, 0.15) is 0 Å². The van der Waals surface area contributed by atoms with Gasteiger partial charge < -0.3 is 15.5 Å². The predicted octanol–water partition coefficient (Wildman–Crippen LogP) is 1.41. The molecule has 0 fully saturated rings. The van der Waals surface area contributed by atoms with Gasteiger partial charge in [-0.2, -0.15) is 0 Å². The number of rotatable bonds is 6. The average molecular weight is 225 g/mol. The smallest absolute Gasteiger partial charge is 0.239 e. The van der Waals surface area contributed by atoms with Gasteiger partial charge in [-0.05, 0) is 19.8 Å². The summed E-state index contributed by atoms with van der Waals surface area (Å²) in [4.78, 5) is 13.8. The van der Waals surface area contributed by atoms with Crippen molar-refractivity contribution in [3.63, 3.8) is 0 Å². The second kappa shape index (κ2) is 5.77. The number of carbonyl (C=O) groups is 1. The first-order chi connectivity index (χ1) is 7.59. The summed E-state index contributed by atoms with van der Waals surface area (Å²) in [5, 5.41) is 6.17. The van der Waals surface area contributed by atoms with Crippen LogP contribution >= 0.6 is 0 Å². The van der Waals surface area contributed by atoms with Crippen molar-refractivity contribution in [2.75, 3.05) is 13.2 Å². The van der Waals surface area contributed by atoms with Gasteiger partial charge in [0, 0.05) is 17.9 Å². The van der Waals surface area contributed by atoms with E-state index in [9.17, 15) is 4.79 Å². The zero-order valence-corrected chi connectivity index (χ0v) is 10.5. The molecule has 0 spiro atoms. The Kier molecular flexibility index (Phi) is 4.65. The van der Waals surface area contributed by atoms with Crippen molar-refractivity contribution in [1.82, 2.24) is 15.5 Å². The molecule has 0 bridgehead atoms. The molecule has 0 aromatic heterocycles. The van der Waals surface area contributed by atoms with Crippen LogP contribution in [0.25, 0.3) is 0 Å². The molecule has 1 rings (SSSR count). The highest BCUT2D eigenvalue weighted by Gasteiger charge is 2.23. The molecule has 0 aromatic carbocycles. The van der Waals surface area contributed by atoms with Crippen LogP contribution in [0.1, 0.15) is 40.0 Å². The van der Waals surface area contributed by atoms with Crippen LogP contribution in [0, 0.1) is 0 Å². The molecule has 1 atom stereocenters. The Hall–Kier alpha value is -1.19. The van der Waals surface area contributed by atoms with Crippen LogP contribution in [0.2, 0.25) is 0 Å². The van der Waals surface area contributed by atoms with E-state index in [0.717, 1.165) is 25.9 Å². The van der Waals surface area contributed by atoms with Crippen LogP contribution in [0.15, 0.2) is 12.4 Å². The van der Waals surface area contributed by atoms with Crippen LogP contribution in [0.3, 0.4) is 0 Å². The van der Waals surface area contributed by atoms with Gasteiger partial charge in [-0.25, -0.2) is 0 Å². The molecule has 1 aliphatic heterocycles. The van der Waals surface area contributed by atoms with Gasteiger partial charge >= 0.3 is 0 Å². The molecule has 0 radical (unpaired) electrons. The summed E-state index contributed by atoms with van der Waals surface area (Å²) in [7, 11) is 0. The first-order valence-corrected chi connectivity index (χ1v) is 6.05. The first kappa shape index (κ1) is 12.9. The summed E-state index contributed by atoms with van der Waals surface area (Å²) in [5.41, 5.74) is -0.0529. The Labute approximate surface area is 98.1 Å². The van der Waals surface area contributed by atoms with Crippen LogP contribution in [0.4, 0.5) is 0 Å². The lowest BCUT2D eigenvalue weighted by Gasteiger charge is -2.30. The third kappa shape index (κ3) is 3.76. The first-order valence-electron chi connectivity index (χ1n) is 6.05. The monoisotopic (exact) mass is 225 g/mol. The molecular weight excluding hydrogens is 202 g/mol. The predicted molar refractivity (Wildman–Crippen MR) is 65.6 cm³/mol. The number of nitrogens with zero attached hydrogens (tertiary/aromatic N) is 1. The molecule has 2 N–H and O–H groups in total. The van der Waals surface area contributed by atoms with Crippen LogP contribution < -0.4 is 10.6 Å². The standard InChI is InChI=1S/C12H23N3O/c1-4-6-12(3,5-2)14-11(16)9-15-8-7-13-10-15/h7-8,13H,4-6,9-10H2,1-3H3,(H,14,16). The summed E-state index contributed by atoms with van der Waals surface area (Å²) in [6, 6.07) is 0. The lowest BCUT2D eigenvalue weighted by atomic mass is 9.93. The molecule has 1 heterocycles. The molecule has 1 unspecified atom stereocenters. The van der Waals surface area contributed by atoms with Gasteiger partial charge in [-0.1, -0.05) is 20.3 Å². The van der Waals surface area contributed by atoms with Crippen LogP contribution in [-0.4, -0.2) is 29.6 Å². The van der Waals surface area contributed by atoms with Crippen molar-refractivity contribution in [1.29, 1.82) is 0 Å². The van der Waals surface area contributed by atoms with E-state index < -0.39 is 0 Å². The third-order valence-electron chi connectivity index (χ3n) is 3.07. The largest absolute Gasteiger partial charge is 0.373 e. The van der Waals surface area contributed by atoms with Gasteiger partial charge in [0.15, 0.2) is 0 Å². The third-order valence-corrected chi connectivity index (χ3v) is 3.07. The molecule has 1 amide bonds. The van der Waals surface area contributed by atoms with Crippen LogP contribution in [0.5, 0.6) is 0 Å². The van der Waals surface area contributed by atoms with Gasteiger partial charge in [-0.15, -0.1) is 0 Å². The molecule has 16 heavy (non-hydrogen) atoms. The normalized spacial score (nSPS) is 18.1. The summed E-state index contributed by atoms with van der Waals surface area (Å²) in [6.07, 6.45) is 6.86. The van der Waals surface area contributed by atoms with Gasteiger partial charge in [0.05, 0.1) is 13.2 Å². The maximum Gasteiger partial charge on any atom is 0.239 e. The number of hydrogen-bond donors (Lipinski definition) is 2. The van der Waals surface area contributed by atoms with E-state index in [1.54, 1.807) is 0 Å². The van der Waals surface area contributed by atoms with Gasteiger partial charge in [0.25, 0.3) is 0 Å². The van der Waals surface area contributed by atoms with E-state index in [1.165, 1.54) is 0 Å². The van der Waals surface area contributed by atoms with Crippen molar-refractivity contribution in [2.45, 2.75) is 45.6 Å². The Bertz CT molecular complexity index is 265. The summed E-state index contributed by atoms with van der Waals surface area (Å²) < 4.78 is 0. The lowest BCUT2D eigenvalue weighted by molar-refractivity contribution is -0.123. The molecule has 0 saturated heterocycles. The Balaban J connectivity index is 2.39. The molecule has 0 aromatic rings. The molecule has 4 heteroatoms. The molecule has 92 valence electrons. The maximum absolute atomic E-state index is 11.8. The Morgan fingerprint density at radius 1 is 1.56 bits per heavy atom. The fourth-order valence-corrected chi connectivity index (χ4v) is 1.93. The minimum Gasteiger partial charge on any atom is -0.373 e. The zero-order valence-electron chi connectivity index (χ0n) is 10.5. The summed E-state index contributed by atoms with van der Waals surface area (Å²) in [6.45, 7) is 7.54. The second-order valence-electron chi connectivity index (χ2n) is 4.64. The Morgan fingerprint density at radius 2 is 2.31 bits per heavy atom. The summed E-state index contributed by atoms with van der Waals surface area (Å²) >= 11 is 0. The van der Waals surface area contributed by atoms with Crippen molar-refractivity contribution >= 4 is 5.91 Å². The van der Waals surface area contributed by atoms with Crippen molar-refractivity contribution in [3.05, 3.63) is 12.4 Å². The SMILES string of the molecule is CCCC(C)(CC)NC(=O)CN1C=CNC1. The second-order valence-corrected chi connectivity index (χ2v) is 4.64. The van der Waals surface area contributed by atoms with E-state index in [4.69, 9.17) is 0 Å². The van der Waals surface area contributed by atoms with Crippen LogP contribution in [-0.2, 0) is 4.79 Å². The van der Waals surface area contributed by atoms with E-state index in [0.29, 0.717) is 6.54 Å². The lowest BCUT2D eigenvalue weighted by Crippen LogP contribution is -2.48. The van der Waals surface area contributed by atoms with E-state index in [2.05, 4.69) is 31.4 Å². The van der Waals surface area contributed by atoms with Crippen molar-refractivity contribution in [2.24, 2.45) is 0 Å². The van der Waals surface area contributed by atoms with Gasteiger partial charge in [0.2, 0.25) is 5.91 Å². The molecule has 1 aliphatic rings. The highest BCUT2D eigenvalue weighted by atomic mass is 16.2. The van der Waals surface area contributed by atoms with Gasteiger partial charge in [-0.3, -0.25) is 4.79 Å². The zero-order chi connectivity index (χ0) is 12.0. The quantitative estimate of drug-likeness (QED) is 0.718. The highest BCUT2D eigenvalue weighted by molar-refractivity contribution is 5.79. The number of hydrogen-bond acceptors (Lipinski definition) is 3. The average Bonchev–Trinajstić information content (AvgIpc) is 2.70. The molecule has 4 nitrogen and oxygen atoms in total. The maximum atomic E-state index is 11.8. The highest BCUT2D eigenvalue weighted by Crippen LogP contribution is 2.16. The molecule has 0 saturated carbocycles. The topological polar surface area (TPSA) is 44.4 Å². The van der Waals surface area contributed by atoms with E-state index in [1.807, 2.05) is 17.3 Å². The van der Waals surface area contributed by atoms with E-state index in [-0.39, 0.29) is 11.4 Å². The Morgan fingerprint density at radius 3 is 2.81 bits per heavy atom. The molecular formula is C12H23N3O. The fourth-order valence-electron chi connectivity index (χ4n) is 1.93. The number of carbonyl (C=O) groups excluding carboxylic acids is 1. The van der Waals surface area contributed by atoms with Crippen molar-refractivity contribution in [3.8, 4) is 0 Å². The van der Waals surface area contributed by atoms with Crippen molar-refractivity contribution < 1.29 is 4.79 Å². The number of amides is 1. The minimum atomic E-state index is -0.0529. The minimum absolute atomic E-state index is 0.0529.